The summed E-state index contributed by atoms with van der Waals surface area (Å²) in [4.78, 5) is 25.0. The van der Waals surface area contributed by atoms with Gasteiger partial charge in [-0.1, -0.05) is 0 Å². The van der Waals surface area contributed by atoms with Crippen molar-refractivity contribution in [3.8, 4) is 0 Å². The second kappa shape index (κ2) is 5.91. The standard InChI is InChI=1S/C13H21N7O2/c1-17-6-8-18(9-7-17)12-10(20(21)22)11(14)15-13(16-12)19-4-2-3-5-19/h2-9H2,1H3,(H2,14,15,16)/p+1. The molecule has 0 amide bonds. The highest BCUT2D eigenvalue weighted by Gasteiger charge is 2.31. The number of likely N-dealkylation sites (N-methyl/N-ethyl adjacent to an activating group) is 1. The van der Waals surface area contributed by atoms with Crippen LogP contribution in [0.25, 0.3) is 0 Å². The smallest absolute Gasteiger partial charge is 0.353 e. The molecule has 0 aromatic carbocycles. The van der Waals surface area contributed by atoms with Gasteiger partial charge in [-0.05, 0) is 12.8 Å². The minimum atomic E-state index is -0.469. The lowest BCUT2D eigenvalue weighted by Gasteiger charge is -2.31. The number of nitrogens with two attached hydrogens (primary N) is 1. The van der Waals surface area contributed by atoms with Crippen LogP contribution >= 0.6 is 0 Å². The Morgan fingerprint density at radius 2 is 1.77 bits per heavy atom. The fourth-order valence-electron chi connectivity index (χ4n) is 3.00. The third kappa shape index (κ3) is 2.76. The van der Waals surface area contributed by atoms with Gasteiger partial charge in [0.1, 0.15) is 0 Å². The van der Waals surface area contributed by atoms with Gasteiger partial charge in [-0.2, -0.15) is 9.97 Å². The number of hydrogen-bond donors (Lipinski definition) is 2. The summed E-state index contributed by atoms with van der Waals surface area (Å²) in [6, 6.07) is 0. The maximum atomic E-state index is 11.4. The Morgan fingerprint density at radius 3 is 2.36 bits per heavy atom. The fraction of sp³-hybridized carbons (Fsp3) is 0.692. The normalized spacial score (nSPS) is 19.7. The van der Waals surface area contributed by atoms with Crippen molar-refractivity contribution in [2.45, 2.75) is 12.8 Å². The summed E-state index contributed by atoms with van der Waals surface area (Å²) in [5, 5.41) is 11.4. The van der Waals surface area contributed by atoms with E-state index in [9.17, 15) is 10.1 Å². The first kappa shape index (κ1) is 14.8. The number of aromatic nitrogens is 2. The summed E-state index contributed by atoms with van der Waals surface area (Å²) in [7, 11) is 2.12. The van der Waals surface area contributed by atoms with E-state index in [-0.39, 0.29) is 11.5 Å². The summed E-state index contributed by atoms with van der Waals surface area (Å²) < 4.78 is 0. The fourth-order valence-corrected chi connectivity index (χ4v) is 3.00. The second-order valence-corrected chi connectivity index (χ2v) is 5.98. The summed E-state index contributed by atoms with van der Waals surface area (Å²) in [6.45, 7) is 5.10. The highest BCUT2D eigenvalue weighted by Crippen LogP contribution is 2.33. The summed E-state index contributed by atoms with van der Waals surface area (Å²) in [6.07, 6.45) is 2.18. The minimum absolute atomic E-state index is 0.0387. The molecule has 3 heterocycles. The van der Waals surface area contributed by atoms with Crippen molar-refractivity contribution >= 4 is 23.3 Å². The maximum absolute atomic E-state index is 11.4. The van der Waals surface area contributed by atoms with Gasteiger partial charge in [0.2, 0.25) is 17.6 Å². The molecule has 2 saturated heterocycles. The number of nitrogens with zero attached hydrogens (tertiary/aromatic N) is 5. The molecule has 1 aromatic heterocycles. The van der Waals surface area contributed by atoms with Gasteiger partial charge in [-0.3, -0.25) is 10.1 Å². The van der Waals surface area contributed by atoms with Crippen LogP contribution in [0, 0.1) is 10.1 Å². The molecule has 2 aliphatic rings. The molecule has 0 aliphatic carbocycles. The Balaban J connectivity index is 1.98. The number of nitrogen functional groups attached to an aromatic ring is 1. The molecule has 0 unspecified atom stereocenters. The average molecular weight is 308 g/mol. The van der Waals surface area contributed by atoms with E-state index in [2.05, 4.69) is 17.0 Å². The van der Waals surface area contributed by atoms with Crippen molar-refractivity contribution in [2.75, 3.05) is 61.8 Å². The third-order valence-electron chi connectivity index (χ3n) is 4.37. The van der Waals surface area contributed by atoms with Crippen LogP contribution in [0.1, 0.15) is 12.8 Å². The number of nitro groups is 1. The zero-order valence-corrected chi connectivity index (χ0v) is 12.8. The van der Waals surface area contributed by atoms with Gasteiger partial charge < -0.3 is 20.4 Å². The van der Waals surface area contributed by atoms with Gasteiger partial charge in [-0.15, -0.1) is 0 Å². The van der Waals surface area contributed by atoms with E-state index in [1.165, 1.54) is 4.90 Å². The largest absolute Gasteiger partial charge is 0.378 e. The van der Waals surface area contributed by atoms with Gasteiger partial charge in [0.05, 0.1) is 38.2 Å². The Hall–Kier alpha value is -2.16. The molecular formula is C13H22N7O2+. The summed E-state index contributed by atoms with van der Waals surface area (Å²) >= 11 is 0. The Morgan fingerprint density at radius 1 is 1.14 bits per heavy atom. The summed E-state index contributed by atoms with van der Waals surface area (Å²) in [5.74, 6) is 0.844. The van der Waals surface area contributed by atoms with Crippen molar-refractivity contribution in [1.29, 1.82) is 0 Å². The number of anilines is 3. The van der Waals surface area contributed by atoms with Crippen LogP contribution in [0.2, 0.25) is 0 Å². The van der Waals surface area contributed by atoms with E-state index in [0.29, 0.717) is 11.8 Å². The highest BCUT2D eigenvalue weighted by atomic mass is 16.6. The Bertz CT molecular complexity index is 566. The van der Waals surface area contributed by atoms with Gasteiger partial charge in [0, 0.05) is 13.1 Å². The van der Waals surface area contributed by atoms with Crippen LogP contribution < -0.4 is 20.4 Å². The molecule has 1 aromatic rings. The number of piperazine rings is 1. The minimum Gasteiger partial charge on any atom is -0.378 e. The van der Waals surface area contributed by atoms with Crippen molar-refractivity contribution in [2.24, 2.45) is 0 Å². The number of quaternary nitrogens is 1. The van der Waals surface area contributed by atoms with Crippen molar-refractivity contribution in [3.05, 3.63) is 10.1 Å². The molecule has 3 rings (SSSR count). The molecule has 0 saturated carbocycles. The monoisotopic (exact) mass is 308 g/mol. The molecule has 2 fully saturated rings. The molecule has 9 heteroatoms. The first-order chi connectivity index (χ1) is 10.6. The predicted octanol–water partition coefficient (Wildman–Crippen LogP) is -1.10. The van der Waals surface area contributed by atoms with E-state index in [1.54, 1.807) is 0 Å². The van der Waals surface area contributed by atoms with Gasteiger partial charge in [-0.25, -0.2) is 0 Å². The zero-order chi connectivity index (χ0) is 15.7. The average Bonchev–Trinajstić information content (AvgIpc) is 3.01. The molecule has 0 bridgehead atoms. The molecule has 22 heavy (non-hydrogen) atoms. The quantitative estimate of drug-likeness (QED) is 0.539. The Labute approximate surface area is 128 Å². The molecule has 2 aliphatic heterocycles. The van der Waals surface area contributed by atoms with Crippen LogP contribution in [-0.2, 0) is 0 Å². The van der Waals surface area contributed by atoms with E-state index in [4.69, 9.17) is 5.73 Å². The predicted molar refractivity (Wildman–Crippen MR) is 83.4 cm³/mol. The van der Waals surface area contributed by atoms with Gasteiger partial charge >= 0.3 is 5.69 Å². The third-order valence-corrected chi connectivity index (χ3v) is 4.37. The number of rotatable bonds is 3. The summed E-state index contributed by atoms with van der Waals surface area (Å²) in [5.41, 5.74) is 5.71. The zero-order valence-electron chi connectivity index (χ0n) is 12.8. The van der Waals surface area contributed by atoms with Crippen molar-refractivity contribution in [3.63, 3.8) is 0 Å². The maximum Gasteiger partial charge on any atom is 0.353 e. The molecule has 0 radical (unpaired) electrons. The van der Waals surface area contributed by atoms with Crippen LogP contribution in [0.4, 0.5) is 23.3 Å². The molecule has 120 valence electrons. The topological polar surface area (TPSA) is 106 Å². The van der Waals surface area contributed by atoms with Gasteiger partial charge in [0.15, 0.2) is 0 Å². The molecule has 3 N–H and O–H groups in total. The molecule has 9 nitrogen and oxygen atoms in total. The van der Waals surface area contributed by atoms with Crippen molar-refractivity contribution in [1.82, 2.24) is 9.97 Å². The van der Waals surface area contributed by atoms with E-state index in [1.807, 2.05) is 9.80 Å². The van der Waals surface area contributed by atoms with Crippen LogP contribution in [0.3, 0.4) is 0 Å². The van der Waals surface area contributed by atoms with Crippen LogP contribution in [0.15, 0.2) is 0 Å². The number of nitrogens with one attached hydrogen (secondary N) is 1. The van der Waals surface area contributed by atoms with Crippen LogP contribution in [-0.4, -0.2) is 61.2 Å². The Kier molecular flexibility index (Phi) is 3.97. The van der Waals surface area contributed by atoms with E-state index in [0.717, 1.165) is 52.1 Å². The van der Waals surface area contributed by atoms with Crippen molar-refractivity contribution < 1.29 is 9.82 Å². The molecule has 0 atom stereocenters. The first-order valence-corrected chi connectivity index (χ1v) is 7.69. The molecule has 0 spiro atoms. The second-order valence-electron chi connectivity index (χ2n) is 5.98. The highest BCUT2D eigenvalue weighted by molar-refractivity contribution is 5.71. The molecular weight excluding hydrogens is 286 g/mol. The SMILES string of the molecule is C[NH+]1CCN(c2nc(N3CCCC3)nc(N)c2[N+](=O)[O-])CC1. The van der Waals surface area contributed by atoms with E-state index >= 15 is 0 Å². The van der Waals surface area contributed by atoms with Gasteiger partial charge in [0.25, 0.3) is 0 Å². The number of hydrogen-bond acceptors (Lipinski definition) is 7. The first-order valence-electron chi connectivity index (χ1n) is 7.69. The van der Waals surface area contributed by atoms with E-state index < -0.39 is 4.92 Å². The van der Waals surface area contributed by atoms with Crippen LogP contribution in [0.5, 0.6) is 0 Å². The lowest BCUT2D eigenvalue weighted by atomic mass is 10.3. The lowest BCUT2D eigenvalue weighted by Crippen LogP contribution is -3.12. The lowest BCUT2D eigenvalue weighted by molar-refractivity contribution is -0.880.